The maximum atomic E-state index is 13.1. The zero-order chi connectivity index (χ0) is 30.8. The first-order valence-corrected chi connectivity index (χ1v) is 20.9. The number of hydrogen-bond acceptors (Lipinski definition) is 5. The first-order valence-electron chi connectivity index (χ1n) is 15.1. The Hall–Kier alpha value is -1.55. The fourth-order valence-electron chi connectivity index (χ4n) is 3.92. The molecule has 0 radical (unpaired) electrons. The minimum Gasteiger partial charge on any atom is -0.469 e. The molecular weight excluding hydrogens is 533 g/mol. The number of ether oxygens (including phenoxy) is 1. The lowest BCUT2D eigenvalue weighted by atomic mass is 9.98. The van der Waals surface area contributed by atoms with E-state index in [0.717, 1.165) is 30.4 Å². The Labute approximate surface area is 247 Å². The van der Waals surface area contributed by atoms with E-state index in [1.54, 1.807) is 0 Å². The molecule has 7 heteroatoms. The van der Waals surface area contributed by atoms with Crippen LogP contribution in [0, 0.1) is 0 Å². The van der Waals surface area contributed by atoms with Gasteiger partial charge in [-0.25, -0.2) is 0 Å². The first kappa shape index (κ1) is 36.5. The molecule has 0 fully saturated rings. The summed E-state index contributed by atoms with van der Waals surface area (Å²) in [6.07, 6.45) is 8.94. The van der Waals surface area contributed by atoms with Crippen LogP contribution in [0.3, 0.4) is 0 Å². The van der Waals surface area contributed by atoms with Crippen molar-refractivity contribution in [1.82, 2.24) is 0 Å². The SMILES string of the molecule is CCCCCC(=O)c1ccccc1/C=C/[C@@H](O[Si](C)(C)C(C)(C)C)[C@H](CCCC(=O)OC)O[Si](C)(C)C(C)(C)C. The van der Waals surface area contributed by atoms with Crippen molar-refractivity contribution in [3.63, 3.8) is 0 Å². The van der Waals surface area contributed by atoms with E-state index >= 15 is 0 Å². The summed E-state index contributed by atoms with van der Waals surface area (Å²) in [7, 11) is -2.92. The van der Waals surface area contributed by atoms with E-state index in [-0.39, 0.29) is 34.0 Å². The van der Waals surface area contributed by atoms with Crippen molar-refractivity contribution in [2.45, 2.75) is 142 Å². The fourth-order valence-corrected chi connectivity index (χ4v) is 6.54. The lowest BCUT2D eigenvalue weighted by molar-refractivity contribution is -0.140. The molecule has 0 saturated carbocycles. The van der Waals surface area contributed by atoms with Gasteiger partial charge in [-0.3, -0.25) is 9.59 Å². The molecule has 1 aromatic carbocycles. The van der Waals surface area contributed by atoms with Crippen LogP contribution in [-0.2, 0) is 18.4 Å². The highest BCUT2D eigenvalue weighted by Gasteiger charge is 2.44. The average Bonchev–Trinajstić information content (AvgIpc) is 2.84. The highest BCUT2D eigenvalue weighted by Crippen LogP contribution is 2.41. The van der Waals surface area contributed by atoms with Crippen molar-refractivity contribution in [1.29, 1.82) is 0 Å². The Morgan fingerprint density at radius 1 is 0.850 bits per heavy atom. The van der Waals surface area contributed by atoms with Crippen molar-refractivity contribution in [3.8, 4) is 0 Å². The van der Waals surface area contributed by atoms with Gasteiger partial charge in [-0.05, 0) is 61.1 Å². The number of ketones is 1. The maximum absolute atomic E-state index is 13.1. The zero-order valence-electron chi connectivity index (χ0n) is 27.6. The van der Waals surface area contributed by atoms with Crippen molar-refractivity contribution in [3.05, 3.63) is 41.5 Å². The minimum absolute atomic E-state index is 0.0137. The van der Waals surface area contributed by atoms with Crippen molar-refractivity contribution >= 4 is 34.5 Å². The van der Waals surface area contributed by atoms with E-state index < -0.39 is 16.6 Å². The second kappa shape index (κ2) is 15.6. The van der Waals surface area contributed by atoms with E-state index in [0.29, 0.717) is 25.7 Å². The number of hydrogen-bond donors (Lipinski definition) is 0. The quantitative estimate of drug-likeness (QED) is 0.0830. The highest BCUT2D eigenvalue weighted by molar-refractivity contribution is 6.74. The Bertz CT molecular complexity index is 970. The first-order chi connectivity index (χ1) is 18.4. The molecule has 0 amide bonds. The summed E-state index contributed by atoms with van der Waals surface area (Å²) in [5, 5.41) is 0.0378. The second-order valence-electron chi connectivity index (χ2n) is 14.1. The molecule has 228 valence electrons. The molecule has 0 unspecified atom stereocenters. The summed E-state index contributed by atoms with van der Waals surface area (Å²) in [6.45, 7) is 24.6. The standard InChI is InChI=1S/C33H58O5Si2/c1-13-14-15-21-28(34)27-20-17-16-19-26(27)24-25-30(38-40(11,12)33(5,6)7)29(22-18-23-31(35)36-8)37-39(9,10)32(2,3)4/h16-17,19-20,24-25,29-30H,13-15,18,21-23H2,1-12H3/b25-24+/t29-,30+/m0/s1. The molecule has 0 aromatic heterocycles. The summed E-state index contributed by atoms with van der Waals surface area (Å²) in [5.41, 5.74) is 1.67. The van der Waals surface area contributed by atoms with Gasteiger partial charge in [0.2, 0.25) is 0 Å². The van der Waals surface area contributed by atoms with Crippen molar-refractivity contribution < 1.29 is 23.2 Å². The van der Waals surface area contributed by atoms with Gasteiger partial charge >= 0.3 is 5.97 Å². The van der Waals surface area contributed by atoms with Gasteiger partial charge in [0.15, 0.2) is 22.4 Å². The monoisotopic (exact) mass is 590 g/mol. The minimum atomic E-state index is -2.19. The summed E-state index contributed by atoms with van der Waals surface area (Å²) >= 11 is 0. The molecular formula is C33H58O5Si2. The van der Waals surface area contributed by atoms with Gasteiger partial charge in [0.25, 0.3) is 0 Å². The molecule has 5 nitrogen and oxygen atoms in total. The van der Waals surface area contributed by atoms with E-state index in [2.05, 4.69) is 80.7 Å². The lowest BCUT2D eigenvalue weighted by Gasteiger charge is -2.44. The van der Waals surface area contributed by atoms with Crippen LogP contribution in [0.2, 0.25) is 36.3 Å². The molecule has 40 heavy (non-hydrogen) atoms. The lowest BCUT2D eigenvalue weighted by Crippen LogP contribution is -2.51. The molecule has 0 heterocycles. The largest absolute Gasteiger partial charge is 0.469 e. The molecule has 1 aromatic rings. The molecule has 0 saturated heterocycles. The summed E-state index contributed by atoms with van der Waals surface area (Å²) in [4.78, 5) is 25.0. The van der Waals surface area contributed by atoms with Crippen molar-refractivity contribution in [2.75, 3.05) is 7.11 Å². The zero-order valence-corrected chi connectivity index (χ0v) is 29.6. The van der Waals surface area contributed by atoms with Gasteiger partial charge in [-0.1, -0.05) is 97.7 Å². The van der Waals surface area contributed by atoms with Gasteiger partial charge in [-0.15, -0.1) is 0 Å². The smallest absolute Gasteiger partial charge is 0.305 e. The second-order valence-corrected chi connectivity index (χ2v) is 23.6. The molecule has 0 aliphatic rings. The number of rotatable bonds is 16. The third-order valence-corrected chi connectivity index (χ3v) is 17.7. The number of esters is 1. The van der Waals surface area contributed by atoms with E-state index in [9.17, 15) is 9.59 Å². The van der Waals surface area contributed by atoms with Crippen LogP contribution in [0.15, 0.2) is 30.3 Å². The molecule has 1 rings (SSSR count). The molecule has 2 atom stereocenters. The van der Waals surface area contributed by atoms with Crippen LogP contribution in [0.4, 0.5) is 0 Å². The summed E-state index contributed by atoms with van der Waals surface area (Å²) in [6, 6.07) is 7.85. The van der Waals surface area contributed by atoms with Crippen LogP contribution in [0.1, 0.15) is 109 Å². The Kier molecular flexibility index (Phi) is 14.2. The number of Topliss-reactive ketones (excluding diaryl/α,β-unsaturated/α-hetero) is 1. The van der Waals surface area contributed by atoms with E-state index in [1.165, 1.54) is 7.11 Å². The third kappa shape index (κ3) is 11.4. The Morgan fingerprint density at radius 2 is 1.43 bits per heavy atom. The van der Waals surface area contributed by atoms with Gasteiger partial charge < -0.3 is 13.6 Å². The van der Waals surface area contributed by atoms with Crippen LogP contribution >= 0.6 is 0 Å². The molecule has 0 aliphatic carbocycles. The molecule has 0 bridgehead atoms. The van der Waals surface area contributed by atoms with Gasteiger partial charge in [0.1, 0.15) is 0 Å². The number of carbonyl (C=O) groups is 2. The van der Waals surface area contributed by atoms with E-state index in [1.807, 2.05) is 30.3 Å². The normalized spacial score (nSPS) is 14.8. The van der Waals surface area contributed by atoms with Crippen LogP contribution < -0.4 is 0 Å². The number of benzene rings is 1. The maximum Gasteiger partial charge on any atom is 0.305 e. The van der Waals surface area contributed by atoms with E-state index in [4.69, 9.17) is 13.6 Å². The predicted octanol–water partition coefficient (Wildman–Crippen LogP) is 9.59. The van der Waals surface area contributed by atoms with Gasteiger partial charge in [0, 0.05) is 18.4 Å². The molecule has 0 spiro atoms. The number of unbranched alkanes of at least 4 members (excludes halogenated alkanes) is 2. The summed E-state index contributed by atoms with van der Waals surface area (Å²) in [5.74, 6) is -0.0262. The molecule has 0 aliphatic heterocycles. The fraction of sp³-hybridized carbons (Fsp3) is 0.697. The predicted molar refractivity (Wildman–Crippen MR) is 174 cm³/mol. The highest BCUT2D eigenvalue weighted by atomic mass is 28.4. The average molecular weight is 591 g/mol. The topological polar surface area (TPSA) is 61.8 Å². The van der Waals surface area contributed by atoms with Crippen LogP contribution in [-0.4, -0.2) is 47.7 Å². The Balaban J connectivity index is 3.52. The van der Waals surface area contributed by atoms with Crippen LogP contribution in [0.5, 0.6) is 0 Å². The molecule has 0 N–H and O–H groups in total. The van der Waals surface area contributed by atoms with Crippen molar-refractivity contribution in [2.24, 2.45) is 0 Å². The van der Waals surface area contributed by atoms with Gasteiger partial charge in [-0.2, -0.15) is 0 Å². The third-order valence-electron chi connectivity index (χ3n) is 8.69. The van der Waals surface area contributed by atoms with Gasteiger partial charge in [0.05, 0.1) is 19.3 Å². The number of methoxy groups -OCH3 is 1. The number of carbonyl (C=O) groups excluding carboxylic acids is 2. The Morgan fingerprint density at radius 3 is 1.98 bits per heavy atom. The summed E-state index contributed by atoms with van der Waals surface area (Å²) < 4.78 is 19.0. The van der Waals surface area contributed by atoms with Crippen LogP contribution in [0.25, 0.3) is 6.08 Å².